The van der Waals surface area contributed by atoms with Gasteiger partial charge in [-0.15, -0.1) is 0 Å². The predicted octanol–water partition coefficient (Wildman–Crippen LogP) is 3.70. The minimum atomic E-state index is 0.0156. The molecule has 0 bridgehead atoms. The monoisotopic (exact) mass is 307 g/mol. The molecule has 1 aliphatic rings. The average molecular weight is 307 g/mol. The minimum Gasteiger partial charge on any atom is -0.493 e. The lowest BCUT2D eigenvalue weighted by Crippen LogP contribution is -2.56. The van der Waals surface area contributed by atoms with Gasteiger partial charge in [-0.3, -0.25) is 5.32 Å². The summed E-state index contributed by atoms with van der Waals surface area (Å²) in [6.45, 7) is 8.82. The van der Waals surface area contributed by atoms with Crippen molar-refractivity contribution in [3.8, 4) is 11.5 Å². The molecular formula is C18H29NO3. The zero-order chi connectivity index (χ0) is 16.3. The molecule has 0 aromatic heterocycles. The third kappa shape index (κ3) is 3.73. The molecule has 22 heavy (non-hydrogen) atoms. The molecular weight excluding hydrogens is 278 g/mol. The van der Waals surface area contributed by atoms with Gasteiger partial charge in [0.25, 0.3) is 0 Å². The Morgan fingerprint density at radius 3 is 2.50 bits per heavy atom. The maximum Gasteiger partial charge on any atom is 0.160 e. The number of benzene rings is 1. The van der Waals surface area contributed by atoms with Crippen LogP contribution in [0, 0.1) is 0 Å². The van der Waals surface area contributed by atoms with Crippen LogP contribution in [0.25, 0.3) is 0 Å². The maximum atomic E-state index is 6.18. The molecule has 0 aliphatic carbocycles. The molecule has 124 valence electrons. The topological polar surface area (TPSA) is 39.7 Å². The Labute approximate surface area is 134 Å². The van der Waals surface area contributed by atoms with Crippen LogP contribution in [0.4, 0.5) is 0 Å². The van der Waals surface area contributed by atoms with Gasteiger partial charge in [0.1, 0.15) is 6.23 Å². The summed E-state index contributed by atoms with van der Waals surface area (Å²) in [6.07, 6.45) is 2.29. The van der Waals surface area contributed by atoms with Gasteiger partial charge < -0.3 is 14.2 Å². The zero-order valence-corrected chi connectivity index (χ0v) is 14.6. The third-order valence-electron chi connectivity index (χ3n) is 4.35. The van der Waals surface area contributed by atoms with E-state index in [1.54, 1.807) is 14.2 Å². The highest BCUT2D eigenvalue weighted by molar-refractivity contribution is 5.44. The Balaban J connectivity index is 2.27. The Bertz CT molecular complexity index is 501. The average Bonchev–Trinajstić information content (AvgIpc) is 2.45. The van der Waals surface area contributed by atoms with Crippen molar-refractivity contribution in [3.05, 3.63) is 23.8 Å². The summed E-state index contributed by atoms with van der Waals surface area (Å²) < 4.78 is 16.9. The van der Waals surface area contributed by atoms with Gasteiger partial charge in [-0.25, -0.2) is 0 Å². The number of ether oxygens (including phenoxy) is 3. The fourth-order valence-corrected chi connectivity index (χ4v) is 3.40. The van der Waals surface area contributed by atoms with Gasteiger partial charge in [-0.1, -0.05) is 13.0 Å². The van der Waals surface area contributed by atoms with Crippen LogP contribution in [0.1, 0.15) is 52.0 Å². The first-order valence-electron chi connectivity index (χ1n) is 8.05. The summed E-state index contributed by atoms with van der Waals surface area (Å²) in [5, 5.41) is 3.64. The van der Waals surface area contributed by atoms with Crippen LogP contribution in [-0.2, 0) is 4.74 Å². The van der Waals surface area contributed by atoms with E-state index in [1.165, 1.54) is 5.56 Å². The molecule has 1 aromatic carbocycles. The predicted molar refractivity (Wildman–Crippen MR) is 88.7 cm³/mol. The Morgan fingerprint density at radius 2 is 1.95 bits per heavy atom. The van der Waals surface area contributed by atoms with Gasteiger partial charge in [0, 0.05) is 11.5 Å². The first-order valence-corrected chi connectivity index (χ1v) is 8.05. The summed E-state index contributed by atoms with van der Waals surface area (Å²) in [6, 6.07) is 6.13. The van der Waals surface area contributed by atoms with E-state index < -0.39 is 0 Å². The molecule has 0 radical (unpaired) electrons. The summed E-state index contributed by atoms with van der Waals surface area (Å²) in [4.78, 5) is 0. The van der Waals surface area contributed by atoms with Crippen LogP contribution in [0.15, 0.2) is 18.2 Å². The van der Waals surface area contributed by atoms with Crippen LogP contribution in [0.3, 0.4) is 0 Å². The van der Waals surface area contributed by atoms with E-state index in [9.17, 15) is 0 Å². The third-order valence-corrected chi connectivity index (χ3v) is 4.35. The lowest BCUT2D eigenvalue weighted by atomic mass is 9.88. The van der Waals surface area contributed by atoms with E-state index in [1.807, 2.05) is 6.07 Å². The number of methoxy groups -OCH3 is 2. The smallest absolute Gasteiger partial charge is 0.160 e. The SMILES string of the molecule is CCC(c1ccc(OC)c(OC)c1)C1NC(C)(C)CC(C)O1. The molecule has 1 N–H and O–H groups in total. The molecule has 0 spiro atoms. The molecule has 1 fully saturated rings. The van der Waals surface area contributed by atoms with Crippen LogP contribution in [0.5, 0.6) is 11.5 Å². The van der Waals surface area contributed by atoms with Gasteiger partial charge in [0.15, 0.2) is 11.5 Å². The highest BCUT2D eigenvalue weighted by atomic mass is 16.5. The van der Waals surface area contributed by atoms with E-state index in [0.717, 1.165) is 24.3 Å². The van der Waals surface area contributed by atoms with Crippen LogP contribution in [-0.4, -0.2) is 32.1 Å². The Kier molecular flexibility index (Phi) is 5.35. The maximum absolute atomic E-state index is 6.18. The lowest BCUT2D eigenvalue weighted by molar-refractivity contribution is -0.0993. The molecule has 4 nitrogen and oxygen atoms in total. The molecule has 2 rings (SSSR count). The van der Waals surface area contributed by atoms with E-state index in [0.29, 0.717) is 0 Å². The fraction of sp³-hybridized carbons (Fsp3) is 0.667. The second-order valence-corrected chi connectivity index (χ2v) is 6.73. The number of nitrogens with one attached hydrogen (secondary N) is 1. The first kappa shape index (κ1) is 17.1. The van der Waals surface area contributed by atoms with Crippen molar-refractivity contribution in [2.45, 2.75) is 64.3 Å². The minimum absolute atomic E-state index is 0.0156. The van der Waals surface area contributed by atoms with Crippen molar-refractivity contribution < 1.29 is 14.2 Å². The molecule has 1 aromatic rings. The van der Waals surface area contributed by atoms with Crippen molar-refractivity contribution in [1.29, 1.82) is 0 Å². The van der Waals surface area contributed by atoms with Crippen molar-refractivity contribution in [1.82, 2.24) is 5.32 Å². The number of rotatable bonds is 5. The summed E-state index contributed by atoms with van der Waals surface area (Å²) in [7, 11) is 3.33. The molecule has 3 unspecified atom stereocenters. The van der Waals surface area contributed by atoms with E-state index in [2.05, 4.69) is 45.1 Å². The second kappa shape index (κ2) is 6.88. The van der Waals surface area contributed by atoms with Crippen LogP contribution >= 0.6 is 0 Å². The molecule has 0 amide bonds. The molecule has 1 saturated heterocycles. The normalized spacial score (nSPS) is 25.5. The zero-order valence-electron chi connectivity index (χ0n) is 14.6. The largest absolute Gasteiger partial charge is 0.493 e. The van der Waals surface area contributed by atoms with Gasteiger partial charge >= 0.3 is 0 Å². The van der Waals surface area contributed by atoms with Crippen LogP contribution < -0.4 is 14.8 Å². The summed E-state index contributed by atoms with van der Waals surface area (Å²) in [5.41, 5.74) is 1.30. The Morgan fingerprint density at radius 1 is 1.27 bits per heavy atom. The molecule has 4 heteroatoms. The Hall–Kier alpha value is -1.26. The number of hydrogen-bond donors (Lipinski definition) is 1. The van der Waals surface area contributed by atoms with E-state index in [4.69, 9.17) is 14.2 Å². The second-order valence-electron chi connectivity index (χ2n) is 6.73. The quantitative estimate of drug-likeness (QED) is 0.900. The van der Waals surface area contributed by atoms with Crippen LogP contribution in [0.2, 0.25) is 0 Å². The van der Waals surface area contributed by atoms with Gasteiger partial charge in [-0.05, 0) is 51.3 Å². The number of hydrogen-bond acceptors (Lipinski definition) is 4. The van der Waals surface area contributed by atoms with Crippen molar-refractivity contribution in [2.75, 3.05) is 14.2 Å². The van der Waals surface area contributed by atoms with Crippen molar-refractivity contribution >= 4 is 0 Å². The molecule has 0 saturated carbocycles. The van der Waals surface area contributed by atoms with Crippen molar-refractivity contribution in [2.24, 2.45) is 0 Å². The van der Waals surface area contributed by atoms with E-state index in [-0.39, 0.29) is 23.8 Å². The van der Waals surface area contributed by atoms with Crippen molar-refractivity contribution in [3.63, 3.8) is 0 Å². The van der Waals surface area contributed by atoms with Gasteiger partial charge in [0.2, 0.25) is 0 Å². The molecule has 1 aliphatic heterocycles. The van der Waals surface area contributed by atoms with Gasteiger partial charge in [-0.2, -0.15) is 0 Å². The van der Waals surface area contributed by atoms with E-state index >= 15 is 0 Å². The molecule has 3 atom stereocenters. The highest BCUT2D eigenvalue weighted by Crippen LogP contribution is 2.36. The fourth-order valence-electron chi connectivity index (χ4n) is 3.40. The summed E-state index contributed by atoms with van der Waals surface area (Å²) in [5.74, 6) is 1.80. The standard InChI is InChI=1S/C18H29NO3/c1-7-14(17-19-18(3,4)11-12(2)22-17)13-8-9-15(20-5)16(10-13)21-6/h8-10,12,14,17,19H,7,11H2,1-6H3. The van der Waals surface area contributed by atoms with Gasteiger partial charge in [0.05, 0.1) is 20.3 Å². The highest BCUT2D eigenvalue weighted by Gasteiger charge is 2.36. The molecule has 1 heterocycles. The first-order chi connectivity index (χ1) is 10.4. The summed E-state index contributed by atoms with van der Waals surface area (Å²) >= 11 is 0. The lowest BCUT2D eigenvalue weighted by Gasteiger charge is -2.43.